The van der Waals surface area contributed by atoms with Gasteiger partial charge in [0.15, 0.2) is 28.2 Å². The van der Waals surface area contributed by atoms with Gasteiger partial charge in [0.05, 0.1) is 13.4 Å². The Bertz CT molecular complexity index is 1060. The van der Waals surface area contributed by atoms with Crippen LogP contribution in [0.25, 0.3) is 0 Å². The van der Waals surface area contributed by atoms with Gasteiger partial charge in [-0.1, -0.05) is 0 Å². The lowest BCUT2D eigenvalue weighted by Gasteiger charge is -2.14. The second-order valence-electron chi connectivity index (χ2n) is 5.17. The standard InChI is InChI=1S/C14H12F4N2O5S2/c1-25-8-5-3-7(4-6-8)19-27(23,24)14-11(17)9(15)13(10(16)12(14)18)20-26(2,21)22/h3-6,19-20H,1-2H3. The van der Waals surface area contributed by atoms with Gasteiger partial charge in [-0.25, -0.2) is 34.4 Å². The van der Waals surface area contributed by atoms with Gasteiger partial charge in [0.1, 0.15) is 11.4 Å². The molecule has 0 amide bonds. The lowest BCUT2D eigenvalue weighted by atomic mass is 10.2. The van der Waals surface area contributed by atoms with Crippen LogP contribution < -0.4 is 14.2 Å². The molecule has 0 aliphatic rings. The van der Waals surface area contributed by atoms with Gasteiger partial charge in [0.2, 0.25) is 10.0 Å². The quantitative estimate of drug-likeness (QED) is 0.544. The smallest absolute Gasteiger partial charge is 0.267 e. The zero-order valence-corrected chi connectivity index (χ0v) is 15.3. The fraction of sp³-hybridized carbons (Fsp3) is 0.143. The van der Waals surface area contributed by atoms with Crippen LogP contribution >= 0.6 is 0 Å². The summed E-state index contributed by atoms with van der Waals surface area (Å²) in [5, 5.41) is 0. The number of nitrogens with one attached hydrogen (secondary N) is 2. The van der Waals surface area contributed by atoms with Crippen molar-refractivity contribution in [2.24, 2.45) is 0 Å². The second-order valence-corrected chi connectivity index (χ2v) is 8.54. The van der Waals surface area contributed by atoms with E-state index in [-0.39, 0.29) is 5.69 Å². The molecule has 0 atom stereocenters. The lowest BCUT2D eigenvalue weighted by molar-refractivity contribution is 0.415. The highest BCUT2D eigenvalue weighted by atomic mass is 32.2. The molecule has 2 rings (SSSR count). The predicted octanol–water partition coefficient (Wildman–Crippen LogP) is 2.42. The topological polar surface area (TPSA) is 102 Å². The molecule has 0 aromatic heterocycles. The molecule has 148 valence electrons. The molecule has 0 radical (unpaired) electrons. The Morgan fingerprint density at radius 1 is 0.815 bits per heavy atom. The SMILES string of the molecule is COc1ccc(NS(=O)(=O)c2c(F)c(F)c(NS(C)(=O)=O)c(F)c2F)cc1. The van der Waals surface area contributed by atoms with E-state index < -0.39 is 53.9 Å². The highest BCUT2D eigenvalue weighted by Gasteiger charge is 2.34. The Hall–Kier alpha value is -2.54. The van der Waals surface area contributed by atoms with Crippen LogP contribution in [0.1, 0.15) is 0 Å². The number of methoxy groups -OCH3 is 1. The van der Waals surface area contributed by atoms with E-state index >= 15 is 0 Å². The summed E-state index contributed by atoms with van der Waals surface area (Å²) in [4.78, 5) is -1.94. The summed E-state index contributed by atoms with van der Waals surface area (Å²) in [5.74, 6) is -8.66. The maximum Gasteiger partial charge on any atom is 0.267 e. The fourth-order valence-electron chi connectivity index (χ4n) is 1.99. The van der Waals surface area contributed by atoms with Gasteiger partial charge >= 0.3 is 0 Å². The van der Waals surface area contributed by atoms with Gasteiger partial charge in [-0.15, -0.1) is 0 Å². The summed E-state index contributed by atoms with van der Waals surface area (Å²) in [7, 11) is -8.05. The van der Waals surface area contributed by atoms with Gasteiger partial charge in [0.25, 0.3) is 10.0 Å². The Morgan fingerprint density at radius 2 is 1.30 bits per heavy atom. The van der Waals surface area contributed by atoms with Crippen LogP contribution in [0.3, 0.4) is 0 Å². The predicted molar refractivity (Wildman–Crippen MR) is 88.5 cm³/mol. The third kappa shape index (κ3) is 4.42. The maximum atomic E-state index is 14.1. The molecule has 0 saturated carbocycles. The van der Waals surface area contributed by atoms with E-state index in [1.165, 1.54) is 36.1 Å². The lowest BCUT2D eigenvalue weighted by Crippen LogP contribution is -2.21. The first-order valence-corrected chi connectivity index (χ1v) is 10.3. The van der Waals surface area contributed by atoms with E-state index in [1.54, 1.807) is 4.72 Å². The Labute approximate surface area is 152 Å². The first-order valence-electron chi connectivity index (χ1n) is 6.88. The van der Waals surface area contributed by atoms with E-state index in [0.29, 0.717) is 12.0 Å². The van der Waals surface area contributed by atoms with Crippen LogP contribution in [-0.2, 0) is 20.0 Å². The van der Waals surface area contributed by atoms with Crippen LogP contribution in [0.5, 0.6) is 5.75 Å². The van der Waals surface area contributed by atoms with E-state index in [9.17, 15) is 34.4 Å². The number of hydrogen-bond acceptors (Lipinski definition) is 5. The molecule has 7 nitrogen and oxygen atoms in total. The molecule has 0 aliphatic heterocycles. The average molecular weight is 428 g/mol. The molecule has 0 spiro atoms. The summed E-state index contributed by atoms with van der Waals surface area (Å²) in [5.41, 5.74) is -1.84. The van der Waals surface area contributed by atoms with Crippen molar-refractivity contribution in [1.29, 1.82) is 0 Å². The molecular formula is C14H12F4N2O5S2. The first kappa shape index (κ1) is 20.8. The maximum absolute atomic E-state index is 14.1. The van der Waals surface area contributed by atoms with E-state index in [4.69, 9.17) is 4.74 Å². The highest BCUT2D eigenvalue weighted by Crippen LogP contribution is 2.32. The fourth-order valence-corrected chi connectivity index (χ4v) is 3.74. The van der Waals surface area contributed by atoms with Crippen LogP contribution in [0, 0.1) is 23.3 Å². The first-order chi connectivity index (χ1) is 12.4. The Balaban J connectivity index is 2.56. The number of ether oxygens (including phenoxy) is 1. The van der Waals surface area contributed by atoms with Gasteiger partial charge in [-0.05, 0) is 24.3 Å². The summed E-state index contributed by atoms with van der Waals surface area (Å²) >= 11 is 0. The van der Waals surface area contributed by atoms with Crippen molar-refractivity contribution in [2.75, 3.05) is 22.8 Å². The van der Waals surface area contributed by atoms with Gasteiger partial charge < -0.3 is 4.74 Å². The second kappa shape index (κ2) is 7.23. The zero-order valence-electron chi connectivity index (χ0n) is 13.7. The van der Waals surface area contributed by atoms with E-state index in [1.807, 2.05) is 0 Å². The monoisotopic (exact) mass is 428 g/mol. The Kier molecular flexibility index (Phi) is 5.56. The number of rotatable bonds is 6. The minimum absolute atomic E-state index is 0.172. The van der Waals surface area contributed by atoms with Crippen molar-refractivity contribution in [3.63, 3.8) is 0 Å². The van der Waals surface area contributed by atoms with Crippen molar-refractivity contribution in [1.82, 2.24) is 0 Å². The molecule has 2 aromatic carbocycles. The molecule has 0 unspecified atom stereocenters. The van der Waals surface area contributed by atoms with E-state index in [0.717, 1.165) is 0 Å². The van der Waals surface area contributed by atoms with Crippen LogP contribution in [-0.4, -0.2) is 30.2 Å². The zero-order chi connectivity index (χ0) is 20.6. The third-order valence-corrected chi connectivity index (χ3v) is 5.10. The molecule has 0 heterocycles. The molecule has 0 bridgehead atoms. The van der Waals surface area contributed by atoms with Gasteiger partial charge in [-0.2, -0.15) is 0 Å². The van der Waals surface area contributed by atoms with Gasteiger partial charge in [-0.3, -0.25) is 9.44 Å². The molecular weight excluding hydrogens is 416 g/mol. The molecule has 0 saturated heterocycles. The number of hydrogen-bond donors (Lipinski definition) is 2. The Morgan fingerprint density at radius 3 is 1.70 bits per heavy atom. The summed E-state index contributed by atoms with van der Waals surface area (Å²) < 4.78 is 111. The van der Waals surface area contributed by atoms with Crippen molar-refractivity contribution in [3.8, 4) is 5.75 Å². The van der Waals surface area contributed by atoms with E-state index in [2.05, 4.69) is 0 Å². The highest BCUT2D eigenvalue weighted by molar-refractivity contribution is 7.92. The largest absolute Gasteiger partial charge is 0.497 e. The molecule has 0 aliphatic carbocycles. The minimum atomic E-state index is -5.10. The molecule has 2 N–H and O–H groups in total. The number of benzene rings is 2. The van der Waals surface area contributed by atoms with Crippen LogP contribution in [0.2, 0.25) is 0 Å². The number of anilines is 2. The van der Waals surface area contributed by atoms with Crippen LogP contribution in [0.15, 0.2) is 29.2 Å². The summed E-state index contributed by atoms with van der Waals surface area (Å²) in [6.45, 7) is 0. The van der Waals surface area contributed by atoms with Crippen molar-refractivity contribution < 1.29 is 39.1 Å². The van der Waals surface area contributed by atoms with Crippen molar-refractivity contribution in [2.45, 2.75) is 4.90 Å². The molecule has 27 heavy (non-hydrogen) atoms. The number of sulfonamides is 2. The molecule has 13 heteroatoms. The van der Waals surface area contributed by atoms with Gasteiger partial charge in [0, 0.05) is 5.69 Å². The summed E-state index contributed by atoms with van der Waals surface area (Å²) in [6.07, 6.45) is 0.484. The molecule has 0 fully saturated rings. The average Bonchev–Trinajstić information content (AvgIpc) is 2.56. The third-order valence-electron chi connectivity index (χ3n) is 3.12. The number of halogens is 4. The molecule has 2 aromatic rings. The summed E-state index contributed by atoms with van der Waals surface area (Å²) in [6, 6.07) is 5.01. The minimum Gasteiger partial charge on any atom is -0.497 e. The van der Waals surface area contributed by atoms with Crippen molar-refractivity contribution in [3.05, 3.63) is 47.5 Å². The normalized spacial score (nSPS) is 11.9. The van der Waals surface area contributed by atoms with Crippen molar-refractivity contribution >= 4 is 31.4 Å². The van der Waals surface area contributed by atoms with Crippen LogP contribution in [0.4, 0.5) is 28.9 Å².